The third-order valence-electron chi connectivity index (χ3n) is 1.34. The molecule has 0 aliphatic carbocycles. The van der Waals surface area contributed by atoms with Crippen molar-refractivity contribution in [3.05, 3.63) is 11.8 Å². The Morgan fingerprint density at radius 3 is 2.55 bits per heavy atom. The fourth-order valence-corrected chi connectivity index (χ4v) is 0.502. The van der Waals surface area contributed by atoms with E-state index >= 15 is 0 Å². The summed E-state index contributed by atoms with van der Waals surface area (Å²) in [4.78, 5) is 10.8. The van der Waals surface area contributed by atoms with Crippen LogP contribution in [0.3, 0.4) is 0 Å². The van der Waals surface area contributed by atoms with Gasteiger partial charge in [-0.3, -0.25) is 0 Å². The summed E-state index contributed by atoms with van der Waals surface area (Å²) in [5.74, 6) is 0. The van der Waals surface area contributed by atoms with Gasteiger partial charge in [0.2, 0.25) is 0 Å². The van der Waals surface area contributed by atoms with Gasteiger partial charge in [0.05, 0.1) is 0 Å². The zero-order valence-corrected chi connectivity index (χ0v) is 7.40. The first-order valence-corrected chi connectivity index (χ1v) is 3.90. The van der Waals surface area contributed by atoms with Gasteiger partial charge < -0.3 is 10.6 Å². The van der Waals surface area contributed by atoms with Gasteiger partial charge in [0.15, 0.2) is 0 Å². The minimum absolute atomic E-state index is 0.139. The van der Waals surface area contributed by atoms with Crippen molar-refractivity contribution in [3.63, 3.8) is 0 Å². The van der Waals surface area contributed by atoms with Crippen molar-refractivity contribution in [1.82, 2.24) is 10.6 Å². The summed E-state index contributed by atoms with van der Waals surface area (Å²) in [6.45, 7) is 6.57. The van der Waals surface area contributed by atoms with E-state index in [4.69, 9.17) is 0 Å². The monoisotopic (exact) mass is 156 g/mol. The normalized spacial score (nSPS) is 11.0. The molecule has 0 aromatic rings. The van der Waals surface area contributed by atoms with Crippen molar-refractivity contribution in [2.45, 2.75) is 27.2 Å². The number of hydrogen-bond acceptors (Lipinski definition) is 1. The van der Waals surface area contributed by atoms with Crippen LogP contribution in [0.2, 0.25) is 0 Å². The molecule has 0 saturated carbocycles. The van der Waals surface area contributed by atoms with Gasteiger partial charge in [0.1, 0.15) is 0 Å². The standard InChI is InChI=1S/C8H16N2O/c1-4-7(3)6-10-8(11)9-5-2/h6H,4-5H2,1-3H3,(H2,9,10,11)/b7-6+. The molecule has 2 amide bonds. The average molecular weight is 156 g/mol. The number of urea groups is 1. The van der Waals surface area contributed by atoms with Crippen molar-refractivity contribution >= 4 is 6.03 Å². The molecule has 0 unspecified atom stereocenters. The highest BCUT2D eigenvalue weighted by atomic mass is 16.2. The van der Waals surface area contributed by atoms with Crippen LogP contribution >= 0.6 is 0 Å². The highest BCUT2D eigenvalue weighted by Crippen LogP contribution is 1.93. The predicted octanol–water partition coefficient (Wildman–Crippen LogP) is 1.62. The molecule has 3 nitrogen and oxygen atoms in total. The second kappa shape index (κ2) is 5.77. The first-order valence-electron chi connectivity index (χ1n) is 3.90. The zero-order chi connectivity index (χ0) is 8.69. The molecule has 2 N–H and O–H groups in total. The molecule has 64 valence electrons. The first-order chi connectivity index (χ1) is 5.20. The molecule has 0 fully saturated rings. The van der Waals surface area contributed by atoms with Crippen LogP contribution in [0.1, 0.15) is 27.2 Å². The highest BCUT2D eigenvalue weighted by molar-refractivity contribution is 5.74. The number of carbonyl (C=O) groups is 1. The van der Waals surface area contributed by atoms with Crippen molar-refractivity contribution in [2.24, 2.45) is 0 Å². The Morgan fingerprint density at radius 2 is 2.09 bits per heavy atom. The summed E-state index contributed by atoms with van der Waals surface area (Å²) in [5, 5.41) is 5.25. The molecule has 0 aromatic carbocycles. The number of nitrogens with one attached hydrogen (secondary N) is 2. The molecule has 0 saturated heterocycles. The van der Waals surface area contributed by atoms with Crippen LogP contribution in [-0.2, 0) is 0 Å². The van der Waals surface area contributed by atoms with Gasteiger partial charge in [0.25, 0.3) is 0 Å². The van der Waals surface area contributed by atoms with E-state index in [1.165, 1.54) is 0 Å². The van der Waals surface area contributed by atoms with Crippen LogP contribution in [0.25, 0.3) is 0 Å². The fourth-order valence-electron chi connectivity index (χ4n) is 0.502. The van der Waals surface area contributed by atoms with E-state index in [1.54, 1.807) is 6.20 Å². The maximum Gasteiger partial charge on any atom is 0.318 e. The van der Waals surface area contributed by atoms with E-state index in [0.717, 1.165) is 12.0 Å². The molecule has 3 heteroatoms. The topological polar surface area (TPSA) is 41.1 Å². The lowest BCUT2D eigenvalue weighted by molar-refractivity contribution is 0.244. The Kier molecular flexibility index (Phi) is 5.25. The molecular formula is C8H16N2O. The summed E-state index contributed by atoms with van der Waals surface area (Å²) in [6, 6.07) is -0.139. The van der Waals surface area contributed by atoms with Crippen LogP contribution in [0.5, 0.6) is 0 Å². The molecule has 0 heterocycles. The maximum atomic E-state index is 10.8. The predicted molar refractivity (Wildman–Crippen MR) is 46.3 cm³/mol. The largest absolute Gasteiger partial charge is 0.338 e. The third-order valence-corrected chi connectivity index (χ3v) is 1.34. The number of allylic oxidation sites excluding steroid dienone is 1. The summed E-state index contributed by atoms with van der Waals surface area (Å²) in [5.41, 5.74) is 1.16. The van der Waals surface area contributed by atoms with Crippen molar-refractivity contribution in [2.75, 3.05) is 6.54 Å². The van der Waals surface area contributed by atoms with Crippen LogP contribution in [0, 0.1) is 0 Å². The summed E-state index contributed by atoms with van der Waals surface area (Å²) >= 11 is 0. The minimum atomic E-state index is -0.139. The highest BCUT2D eigenvalue weighted by Gasteiger charge is 1.92. The Hall–Kier alpha value is -0.990. The maximum absolute atomic E-state index is 10.8. The summed E-state index contributed by atoms with van der Waals surface area (Å²) < 4.78 is 0. The molecule has 0 rings (SSSR count). The minimum Gasteiger partial charge on any atom is -0.338 e. The Labute approximate surface area is 67.9 Å². The molecule has 0 radical (unpaired) electrons. The van der Waals surface area contributed by atoms with Gasteiger partial charge in [-0.25, -0.2) is 4.79 Å². The number of amides is 2. The average Bonchev–Trinajstić information content (AvgIpc) is 2.01. The van der Waals surface area contributed by atoms with Crippen LogP contribution in [0.4, 0.5) is 4.79 Å². The second-order valence-corrected chi connectivity index (χ2v) is 2.35. The Balaban J connectivity index is 3.60. The van der Waals surface area contributed by atoms with Crippen molar-refractivity contribution in [3.8, 4) is 0 Å². The Morgan fingerprint density at radius 1 is 1.45 bits per heavy atom. The summed E-state index contributed by atoms with van der Waals surface area (Å²) in [6.07, 6.45) is 2.69. The fraction of sp³-hybridized carbons (Fsp3) is 0.625. The van der Waals surface area contributed by atoms with E-state index in [9.17, 15) is 4.79 Å². The van der Waals surface area contributed by atoms with E-state index in [-0.39, 0.29) is 6.03 Å². The van der Waals surface area contributed by atoms with Crippen molar-refractivity contribution < 1.29 is 4.79 Å². The Bertz CT molecular complexity index is 152. The third kappa shape index (κ3) is 5.45. The van der Waals surface area contributed by atoms with Gasteiger partial charge in [-0.05, 0) is 20.3 Å². The molecule has 0 aliphatic rings. The van der Waals surface area contributed by atoms with E-state index < -0.39 is 0 Å². The SMILES string of the molecule is CCNC(=O)N/C=C(\C)CC. The number of hydrogen-bond donors (Lipinski definition) is 2. The van der Waals surface area contributed by atoms with Crippen LogP contribution < -0.4 is 10.6 Å². The quantitative estimate of drug-likeness (QED) is 0.640. The molecule has 0 aliphatic heterocycles. The van der Waals surface area contributed by atoms with Crippen LogP contribution in [-0.4, -0.2) is 12.6 Å². The molecule has 0 atom stereocenters. The first kappa shape index (κ1) is 10.0. The van der Waals surface area contributed by atoms with E-state index in [0.29, 0.717) is 6.54 Å². The van der Waals surface area contributed by atoms with Gasteiger partial charge >= 0.3 is 6.03 Å². The number of rotatable bonds is 3. The van der Waals surface area contributed by atoms with E-state index in [2.05, 4.69) is 10.6 Å². The lowest BCUT2D eigenvalue weighted by Gasteiger charge is -2.01. The number of carbonyl (C=O) groups excluding carboxylic acids is 1. The molecular weight excluding hydrogens is 140 g/mol. The van der Waals surface area contributed by atoms with E-state index in [1.807, 2.05) is 20.8 Å². The van der Waals surface area contributed by atoms with Gasteiger partial charge in [-0.1, -0.05) is 12.5 Å². The molecule has 11 heavy (non-hydrogen) atoms. The lowest BCUT2D eigenvalue weighted by Crippen LogP contribution is -2.31. The molecule has 0 aromatic heterocycles. The molecule has 0 spiro atoms. The smallest absolute Gasteiger partial charge is 0.318 e. The van der Waals surface area contributed by atoms with Gasteiger partial charge in [-0.15, -0.1) is 0 Å². The molecule has 0 bridgehead atoms. The second-order valence-electron chi connectivity index (χ2n) is 2.35. The zero-order valence-electron chi connectivity index (χ0n) is 7.40. The lowest BCUT2D eigenvalue weighted by atomic mass is 10.3. The van der Waals surface area contributed by atoms with Crippen LogP contribution in [0.15, 0.2) is 11.8 Å². The van der Waals surface area contributed by atoms with Crippen molar-refractivity contribution in [1.29, 1.82) is 0 Å². The summed E-state index contributed by atoms with van der Waals surface area (Å²) in [7, 11) is 0. The van der Waals surface area contributed by atoms with Gasteiger partial charge in [0, 0.05) is 12.7 Å². The van der Waals surface area contributed by atoms with Gasteiger partial charge in [-0.2, -0.15) is 0 Å².